The summed E-state index contributed by atoms with van der Waals surface area (Å²) in [5.41, 5.74) is 5.40. The van der Waals surface area contributed by atoms with E-state index >= 15 is 0 Å². The number of hydrogen-bond donors (Lipinski definition) is 2. The minimum absolute atomic E-state index is 0.252. The van der Waals surface area contributed by atoms with E-state index in [1.807, 2.05) is 53.3 Å². The quantitative estimate of drug-likeness (QED) is 0.282. The molecule has 0 aliphatic heterocycles. The molecule has 2 aromatic carbocycles. The first-order chi connectivity index (χ1) is 17.1. The standard InChI is InChI=1S/C26H23Cl2N5OS/c27-21-9-8-20(23(28)13-21)16-33-25-17(5-3-6-19(25)14-31-33)10-11-29-26(34)32-35-22-12-18-4-1-2-7-24(18)30-15-22/h1-2,4,7-10,12-15H,3,5-6,11,16H2,(H2,29,32,34)/b17-10+. The average Bonchev–Trinajstić information content (AvgIpc) is 3.28. The van der Waals surface area contributed by atoms with Crippen LogP contribution in [0.1, 0.15) is 29.7 Å². The molecule has 2 amide bonds. The molecule has 1 aliphatic rings. The third-order valence-corrected chi connectivity index (χ3v) is 7.22. The van der Waals surface area contributed by atoms with Gasteiger partial charge in [0.15, 0.2) is 0 Å². The number of nitrogens with one attached hydrogen (secondary N) is 2. The molecular weight excluding hydrogens is 501 g/mol. The second kappa shape index (κ2) is 10.7. The van der Waals surface area contributed by atoms with Crippen molar-refractivity contribution in [3.8, 4) is 0 Å². The van der Waals surface area contributed by atoms with Crippen LogP contribution in [0.25, 0.3) is 16.5 Å². The Bertz CT molecular complexity index is 1420. The number of pyridine rings is 1. The zero-order valence-corrected chi connectivity index (χ0v) is 21.1. The molecule has 2 heterocycles. The fraction of sp³-hybridized carbons (Fsp3) is 0.192. The van der Waals surface area contributed by atoms with Crippen molar-refractivity contribution in [3.63, 3.8) is 0 Å². The van der Waals surface area contributed by atoms with Crippen LogP contribution in [0.2, 0.25) is 10.0 Å². The van der Waals surface area contributed by atoms with Gasteiger partial charge in [-0.25, -0.2) is 4.79 Å². The van der Waals surface area contributed by atoms with E-state index in [1.165, 1.54) is 23.1 Å². The number of carbonyl (C=O) groups is 1. The average molecular weight is 524 g/mol. The number of para-hydroxylation sites is 1. The van der Waals surface area contributed by atoms with E-state index in [2.05, 4.69) is 26.2 Å². The minimum Gasteiger partial charge on any atom is -0.334 e. The van der Waals surface area contributed by atoms with Crippen LogP contribution < -0.4 is 10.0 Å². The first-order valence-corrected chi connectivity index (χ1v) is 12.9. The number of benzene rings is 2. The predicted molar refractivity (Wildman–Crippen MR) is 143 cm³/mol. The lowest BCUT2D eigenvalue weighted by Crippen LogP contribution is -2.31. The smallest absolute Gasteiger partial charge is 0.325 e. The van der Waals surface area contributed by atoms with E-state index in [4.69, 9.17) is 23.2 Å². The van der Waals surface area contributed by atoms with Gasteiger partial charge in [-0.3, -0.25) is 14.4 Å². The normalized spacial score (nSPS) is 14.2. The fourth-order valence-electron chi connectivity index (χ4n) is 4.21. The third-order valence-electron chi connectivity index (χ3n) is 5.88. The van der Waals surface area contributed by atoms with Crippen molar-refractivity contribution in [1.82, 2.24) is 24.8 Å². The van der Waals surface area contributed by atoms with Gasteiger partial charge in [-0.15, -0.1) is 0 Å². The van der Waals surface area contributed by atoms with Crippen molar-refractivity contribution in [2.75, 3.05) is 6.54 Å². The maximum absolute atomic E-state index is 12.4. The molecule has 6 nitrogen and oxygen atoms in total. The van der Waals surface area contributed by atoms with Gasteiger partial charge in [-0.05, 0) is 72.2 Å². The molecule has 1 aliphatic carbocycles. The minimum atomic E-state index is -0.252. The van der Waals surface area contributed by atoms with Gasteiger partial charge in [0, 0.05) is 33.1 Å². The summed E-state index contributed by atoms with van der Waals surface area (Å²) < 4.78 is 4.81. The van der Waals surface area contributed by atoms with Crippen LogP contribution in [-0.4, -0.2) is 27.3 Å². The highest BCUT2D eigenvalue weighted by Gasteiger charge is 2.20. The molecule has 178 valence electrons. The summed E-state index contributed by atoms with van der Waals surface area (Å²) >= 11 is 13.7. The lowest BCUT2D eigenvalue weighted by Gasteiger charge is -2.18. The van der Waals surface area contributed by atoms with Crippen molar-refractivity contribution in [2.24, 2.45) is 0 Å². The summed E-state index contributed by atoms with van der Waals surface area (Å²) in [7, 11) is 0. The molecule has 0 saturated heterocycles. The van der Waals surface area contributed by atoms with Crippen molar-refractivity contribution in [2.45, 2.75) is 30.7 Å². The summed E-state index contributed by atoms with van der Waals surface area (Å²) in [4.78, 5) is 17.6. The van der Waals surface area contributed by atoms with Crippen molar-refractivity contribution in [3.05, 3.63) is 93.9 Å². The summed E-state index contributed by atoms with van der Waals surface area (Å²) in [6.45, 7) is 0.983. The van der Waals surface area contributed by atoms with Crippen molar-refractivity contribution < 1.29 is 4.79 Å². The number of allylic oxidation sites excluding steroid dienone is 1. The summed E-state index contributed by atoms with van der Waals surface area (Å²) in [6.07, 6.45) is 8.75. The highest BCUT2D eigenvalue weighted by atomic mass is 35.5. The van der Waals surface area contributed by atoms with E-state index in [0.29, 0.717) is 23.1 Å². The van der Waals surface area contributed by atoms with Crippen molar-refractivity contribution >= 4 is 57.7 Å². The summed E-state index contributed by atoms with van der Waals surface area (Å²) in [5, 5.41) is 9.80. The van der Waals surface area contributed by atoms with Crippen LogP contribution >= 0.6 is 35.1 Å². The molecule has 5 rings (SSSR count). The molecular formula is C26H23Cl2N5OS. The van der Waals surface area contributed by atoms with Crippen LogP contribution in [0.5, 0.6) is 0 Å². The summed E-state index contributed by atoms with van der Waals surface area (Å²) in [5.74, 6) is 0. The summed E-state index contributed by atoms with van der Waals surface area (Å²) in [6, 6.07) is 15.2. The van der Waals surface area contributed by atoms with Crippen LogP contribution in [0.3, 0.4) is 0 Å². The Morgan fingerprint density at radius 3 is 2.89 bits per heavy atom. The predicted octanol–water partition coefficient (Wildman–Crippen LogP) is 6.51. The number of amides is 2. The Balaban J connectivity index is 1.21. The number of urea groups is 1. The molecule has 0 atom stereocenters. The molecule has 0 spiro atoms. The molecule has 9 heteroatoms. The van der Waals surface area contributed by atoms with E-state index in [0.717, 1.165) is 46.3 Å². The number of halogens is 2. The van der Waals surface area contributed by atoms with Gasteiger partial charge in [-0.2, -0.15) is 5.10 Å². The number of rotatable bonds is 6. The first kappa shape index (κ1) is 23.7. The van der Waals surface area contributed by atoms with Crippen LogP contribution in [0.4, 0.5) is 4.79 Å². The van der Waals surface area contributed by atoms with E-state index < -0.39 is 0 Å². The Kier molecular flexibility index (Phi) is 7.27. The Labute approximate surface area is 217 Å². The third kappa shape index (κ3) is 5.64. The second-order valence-corrected chi connectivity index (χ2v) is 10.00. The lowest BCUT2D eigenvalue weighted by atomic mass is 9.92. The second-order valence-electron chi connectivity index (χ2n) is 8.27. The Morgan fingerprint density at radius 2 is 2.00 bits per heavy atom. The number of hydrogen-bond acceptors (Lipinski definition) is 4. The number of nitrogens with zero attached hydrogens (tertiary/aromatic N) is 3. The van der Waals surface area contributed by atoms with Crippen LogP contribution in [0.15, 0.2) is 71.9 Å². The largest absolute Gasteiger partial charge is 0.334 e. The Hall–Kier alpha value is -3.00. The van der Waals surface area contributed by atoms with Crippen LogP contribution in [-0.2, 0) is 13.0 Å². The van der Waals surface area contributed by atoms with Gasteiger partial charge in [0.1, 0.15) is 0 Å². The molecule has 0 bridgehead atoms. The van der Waals surface area contributed by atoms with Gasteiger partial charge in [0.05, 0.1) is 24.0 Å². The molecule has 35 heavy (non-hydrogen) atoms. The molecule has 2 aromatic heterocycles. The van der Waals surface area contributed by atoms with Gasteiger partial charge < -0.3 is 5.32 Å². The zero-order valence-electron chi connectivity index (χ0n) is 18.8. The fourth-order valence-corrected chi connectivity index (χ4v) is 5.25. The van der Waals surface area contributed by atoms with Gasteiger partial charge in [0.2, 0.25) is 0 Å². The number of aryl methyl sites for hydroxylation is 1. The topological polar surface area (TPSA) is 71.8 Å². The van der Waals surface area contributed by atoms with Crippen molar-refractivity contribution in [1.29, 1.82) is 0 Å². The van der Waals surface area contributed by atoms with E-state index in [9.17, 15) is 4.79 Å². The molecule has 2 N–H and O–H groups in total. The van der Waals surface area contributed by atoms with Gasteiger partial charge in [0.25, 0.3) is 0 Å². The van der Waals surface area contributed by atoms with Crippen LogP contribution in [0, 0.1) is 0 Å². The highest BCUT2D eigenvalue weighted by molar-refractivity contribution is 7.98. The van der Waals surface area contributed by atoms with Gasteiger partial charge in [-0.1, -0.05) is 53.5 Å². The monoisotopic (exact) mass is 523 g/mol. The molecule has 4 aromatic rings. The SMILES string of the molecule is O=C(NC/C=C1\CCCc2cnn(Cc3ccc(Cl)cc3Cl)c21)NSc1cnc2ccccc2c1. The number of aromatic nitrogens is 3. The maximum Gasteiger partial charge on any atom is 0.325 e. The first-order valence-electron chi connectivity index (χ1n) is 11.3. The lowest BCUT2D eigenvalue weighted by molar-refractivity contribution is 0.247. The van der Waals surface area contributed by atoms with E-state index in [-0.39, 0.29) is 6.03 Å². The molecule has 0 saturated carbocycles. The number of carbonyl (C=O) groups excluding carboxylic acids is 1. The molecule has 0 fully saturated rings. The highest BCUT2D eigenvalue weighted by Crippen LogP contribution is 2.32. The molecule has 0 unspecified atom stereocenters. The Morgan fingerprint density at radius 1 is 1.11 bits per heavy atom. The zero-order chi connectivity index (χ0) is 24.2. The maximum atomic E-state index is 12.4. The number of fused-ring (bicyclic) bond motifs is 2. The van der Waals surface area contributed by atoms with E-state index in [1.54, 1.807) is 12.3 Å². The van der Waals surface area contributed by atoms with Gasteiger partial charge >= 0.3 is 6.03 Å². The molecule has 0 radical (unpaired) electrons.